The zero-order chi connectivity index (χ0) is 6.91. The van der Waals surface area contributed by atoms with Crippen molar-refractivity contribution in [1.29, 1.82) is 0 Å². The fraction of sp³-hybridized carbons (Fsp3) is 0.600. The van der Waals surface area contributed by atoms with Crippen molar-refractivity contribution in [2.45, 2.75) is 19.3 Å². The first-order valence-corrected chi connectivity index (χ1v) is 2.98. The van der Waals surface area contributed by atoms with E-state index in [2.05, 4.69) is 0 Å². The molecule has 4 heteroatoms. The first-order chi connectivity index (χ1) is 4.08. The quantitative estimate of drug-likeness (QED) is 0.484. The standard InChI is InChI=1S/C5H7BF3/c7-6(8,9)4-5-2-1-3-5/h4H,1-3H2/q-1. The Morgan fingerprint density at radius 1 is 1.22 bits per heavy atom. The van der Waals surface area contributed by atoms with Crippen molar-refractivity contribution in [1.82, 2.24) is 0 Å². The molecular weight excluding hydrogens is 128 g/mol. The highest BCUT2D eigenvalue weighted by Gasteiger charge is 2.21. The van der Waals surface area contributed by atoms with Gasteiger partial charge in [-0.2, -0.15) is 0 Å². The summed E-state index contributed by atoms with van der Waals surface area (Å²) in [6, 6.07) is 0. The van der Waals surface area contributed by atoms with Gasteiger partial charge in [0.05, 0.1) is 0 Å². The molecule has 0 aromatic heterocycles. The van der Waals surface area contributed by atoms with Crippen molar-refractivity contribution in [3.05, 3.63) is 11.5 Å². The van der Waals surface area contributed by atoms with E-state index in [1.807, 2.05) is 0 Å². The first-order valence-electron chi connectivity index (χ1n) is 2.98. The Hall–Kier alpha value is -0.405. The normalized spacial score (nSPS) is 19.2. The topological polar surface area (TPSA) is 0 Å². The lowest BCUT2D eigenvalue weighted by Gasteiger charge is -2.20. The molecule has 0 unspecified atom stereocenters. The maximum atomic E-state index is 11.5. The minimum Gasteiger partial charge on any atom is -0.445 e. The van der Waals surface area contributed by atoms with Crippen molar-refractivity contribution in [2.24, 2.45) is 0 Å². The van der Waals surface area contributed by atoms with E-state index in [0.717, 1.165) is 6.42 Å². The molecule has 1 fully saturated rings. The highest BCUT2D eigenvalue weighted by atomic mass is 19.4. The lowest BCUT2D eigenvalue weighted by Crippen LogP contribution is -2.14. The maximum absolute atomic E-state index is 11.5. The Morgan fingerprint density at radius 2 is 1.78 bits per heavy atom. The van der Waals surface area contributed by atoms with Gasteiger partial charge in [-0.15, -0.1) is 11.5 Å². The summed E-state index contributed by atoms with van der Waals surface area (Å²) in [5, 5.41) is 0. The van der Waals surface area contributed by atoms with E-state index in [-0.39, 0.29) is 0 Å². The molecule has 0 N–H and O–H groups in total. The van der Waals surface area contributed by atoms with Crippen LogP contribution in [-0.2, 0) is 0 Å². The Kier molecular flexibility index (Phi) is 1.55. The van der Waals surface area contributed by atoms with Gasteiger partial charge in [-0.05, 0) is 19.3 Å². The average molecular weight is 135 g/mol. The molecular formula is C5H7BF3-. The molecule has 0 atom stereocenters. The van der Waals surface area contributed by atoms with Crippen LogP contribution in [0.25, 0.3) is 0 Å². The van der Waals surface area contributed by atoms with Crippen LogP contribution in [-0.4, -0.2) is 6.98 Å². The van der Waals surface area contributed by atoms with Crippen molar-refractivity contribution in [3.8, 4) is 0 Å². The van der Waals surface area contributed by atoms with Crippen LogP contribution in [0.1, 0.15) is 19.3 Å². The smallest absolute Gasteiger partial charge is 0.445 e. The van der Waals surface area contributed by atoms with Gasteiger partial charge in [0.25, 0.3) is 0 Å². The van der Waals surface area contributed by atoms with Gasteiger partial charge in [-0.3, -0.25) is 0 Å². The second-order valence-corrected chi connectivity index (χ2v) is 2.30. The highest BCUT2D eigenvalue weighted by Crippen LogP contribution is 2.28. The third-order valence-electron chi connectivity index (χ3n) is 1.42. The van der Waals surface area contributed by atoms with Gasteiger partial charge >= 0.3 is 6.98 Å². The Labute approximate surface area is 51.8 Å². The number of hydrogen-bond donors (Lipinski definition) is 0. The molecule has 1 aliphatic rings. The fourth-order valence-electron chi connectivity index (χ4n) is 0.815. The highest BCUT2D eigenvalue weighted by molar-refractivity contribution is 6.64. The van der Waals surface area contributed by atoms with Crippen molar-refractivity contribution in [3.63, 3.8) is 0 Å². The summed E-state index contributed by atoms with van der Waals surface area (Å²) in [5.74, 6) is 0.476. The van der Waals surface area contributed by atoms with Gasteiger partial charge < -0.3 is 12.9 Å². The summed E-state index contributed by atoms with van der Waals surface area (Å²) in [6.45, 7) is -4.66. The number of rotatable bonds is 1. The van der Waals surface area contributed by atoms with Crippen LogP contribution in [0.15, 0.2) is 11.5 Å². The van der Waals surface area contributed by atoms with Crippen LogP contribution >= 0.6 is 0 Å². The van der Waals surface area contributed by atoms with E-state index < -0.39 is 6.98 Å². The fourth-order valence-corrected chi connectivity index (χ4v) is 0.815. The van der Waals surface area contributed by atoms with Gasteiger partial charge in [-0.1, -0.05) is 0 Å². The molecule has 0 radical (unpaired) electrons. The summed E-state index contributed by atoms with van der Waals surface area (Å²) in [7, 11) is 0. The zero-order valence-electron chi connectivity index (χ0n) is 4.91. The molecule has 0 amide bonds. The Bertz CT molecular complexity index is 130. The SMILES string of the molecule is F[B-](F)(F)C=C1CCC1. The molecule has 0 aliphatic heterocycles. The second-order valence-electron chi connectivity index (χ2n) is 2.30. The molecule has 0 aromatic carbocycles. The van der Waals surface area contributed by atoms with Crippen LogP contribution in [0, 0.1) is 0 Å². The minimum atomic E-state index is -4.66. The molecule has 0 bridgehead atoms. The molecule has 1 aliphatic carbocycles. The largest absolute Gasteiger partial charge is 0.502 e. The van der Waals surface area contributed by atoms with E-state index in [4.69, 9.17) is 0 Å². The van der Waals surface area contributed by atoms with Gasteiger partial charge in [0.2, 0.25) is 0 Å². The Morgan fingerprint density at radius 3 is 1.89 bits per heavy atom. The molecule has 52 valence electrons. The lowest BCUT2D eigenvalue weighted by atomic mass is 9.80. The predicted octanol–water partition coefficient (Wildman–Crippen LogP) is 2.48. The van der Waals surface area contributed by atoms with Crippen LogP contribution in [0.4, 0.5) is 12.9 Å². The zero-order valence-corrected chi connectivity index (χ0v) is 4.91. The van der Waals surface area contributed by atoms with E-state index in [9.17, 15) is 12.9 Å². The minimum absolute atomic E-state index is 0.476. The number of halogens is 3. The summed E-state index contributed by atoms with van der Waals surface area (Å²) in [6.07, 6.45) is 2.24. The van der Waals surface area contributed by atoms with Crippen molar-refractivity contribution >= 4 is 6.98 Å². The summed E-state index contributed by atoms with van der Waals surface area (Å²) >= 11 is 0. The van der Waals surface area contributed by atoms with E-state index in [1.165, 1.54) is 0 Å². The molecule has 9 heavy (non-hydrogen) atoms. The number of allylic oxidation sites excluding steroid dienone is 1. The van der Waals surface area contributed by atoms with Gasteiger partial charge in [0.1, 0.15) is 0 Å². The summed E-state index contributed by atoms with van der Waals surface area (Å²) in [4.78, 5) is 0. The van der Waals surface area contributed by atoms with Crippen LogP contribution in [0.5, 0.6) is 0 Å². The van der Waals surface area contributed by atoms with Crippen LogP contribution in [0.2, 0.25) is 0 Å². The monoisotopic (exact) mass is 135 g/mol. The predicted molar refractivity (Wildman–Crippen MR) is 31.0 cm³/mol. The first kappa shape index (κ1) is 6.71. The van der Waals surface area contributed by atoms with Crippen molar-refractivity contribution < 1.29 is 12.9 Å². The molecule has 1 saturated carbocycles. The lowest BCUT2D eigenvalue weighted by molar-refractivity contribution is 0.494. The van der Waals surface area contributed by atoms with Gasteiger partial charge in [-0.25, -0.2) is 0 Å². The molecule has 1 rings (SSSR count). The third-order valence-corrected chi connectivity index (χ3v) is 1.42. The molecule has 0 heterocycles. The van der Waals surface area contributed by atoms with Gasteiger partial charge in [0.15, 0.2) is 0 Å². The van der Waals surface area contributed by atoms with E-state index >= 15 is 0 Å². The van der Waals surface area contributed by atoms with E-state index in [1.54, 1.807) is 0 Å². The van der Waals surface area contributed by atoms with Crippen LogP contribution < -0.4 is 0 Å². The van der Waals surface area contributed by atoms with E-state index in [0.29, 0.717) is 24.4 Å². The average Bonchev–Trinajstić information content (AvgIpc) is 1.53. The van der Waals surface area contributed by atoms with Crippen molar-refractivity contribution in [2.75, 3.05) is 0 Å². The second kappa shape index (κ2) is 2.08. The molecule has 0 nitrogen and oxygen atoms in total. The molecule has 0 aromatic rings. The maximum Gasteiger partial charge on any atom is 0.502 e. The number of hydrogen-bond acceptors (Lipinski definition) is 0. The molecule has 0 saturated heterocycles. The Balaban J connectivity index is 2.46. The van der Waals surface area contributed by atoms with Crippen LogP contribution in [0.3, 0.4) is 0 Å². The summed E-state index contributed by atoms with van der Waals surface area (Å²) in [5.41, 5.74) is 0.572. The molecule has 0 spiro atoms. The summed E-state index contributed by atoms with van der Waals surface area (Å²) < 4.78 is 34.5. The van der Waals surface area contributed by atoms with Gasteiger partial charge in [0, 0.05) is 0 Å². The third kappa shape index (κ3) is 2.12.